The van der Waals surface area contributed by atoms with E-state index in [1.54, 1.807) is 6.33 Å². The first-order valence-corrected chi connectivity index (χ1v) is 7.07. The molecule has 0 bridgehead atoms. The second-order valence-electron chi connectivity index (χ2n) is 5.35. The van der Waals surface area contributed by atoms with Crippen LogP contribution in [0.2, 0.25) is 0 Å². The molecule has 5 nitrogen and oxygen atoms in total. The molecule has 1 saturated heterocycles. The first-order chi connectivity index (χ1) is 9.40. The average molecular weight is 259 g/mol. The topological polar surface area (TPSA) is 49.7 Å². The van der Waals surface area contributed by atoms with Gasteiger partial charge in [-0.25, -0.2) is 4.98 Å². The minimum absolute atomic E-state index is 0.849. The molecule has 19 heavy (non-hydrogen) atoms. The van der Waals surface area contributed by atoms with Crippen molar-refractivity contribution in [2.45, 2.75) is 32.4 Å². The zero-order chi connectivity index (χ0) is 12.9. The molecule has 0 aliphatic carbocycles. The van der Waals surface area contributed by atoms with Crippen LogP contribution in [-0.2, 0) is 13.1 Å². The lowest BCUT2D eigenvalue weighted by Gasteiger charge is -2.31. The number of piperidine rings is 1. The largest absolute Gasteiger partial charge is 0.347 e. The maximum atomic E-state index is 4.26. The maximum absolute atomic E-state index is 4.26. The van der Waals surface area contributed by atoms with Gasteiger partial charge in [0.1, 0.15) is 0 Å². The van der Waals surface area contributed by atoms with Crippen molar-refractivity contribution in [1.82, 2.24) is 24.6 Å². The van der Waals surface area contributed by atoms with Gasteiger partial charge in [-0.05, 0) is 44.3 Å². The Morgan fingerprint density at radius 2 is 2.21 bits per heavy atom. The zero-order valence-corrected chi connectivity index (χ0v) is 11.2. The highest BCUT2D eigenvalue weighted by Gasteiger charge is 2.19. The minimum atomic E-state index is 0.849. The van der Waals surface area contributed by atoms with Crippen molar-refractivity contribution in [2.75, 3.05) is 13.1 Å². The monoisotopic (exact) mass is 259 g/mol. The van der Waals surface area contributed by atoms with Crippen LogP contribution >= 0.6 is 0 Å². The summed E-state index contributed by atoms with van der Waals surface area (Å²) in [6, 6.07) is 1.99. The maximum Gasteiger partial charge on any atom is 0.0922 e. The molecule has 0 saturated carbocycles. The van der Waals surface area contributed by atoms with Crippen molar-refractivity contribution in [3.63, 3.8) is 0 Å². The number of aromatic amines is 1. The molecule has 0 amide bonds. The molecule has 2 aromatic rings. The Bertz CT molecular complexity index is 454. The number of hydrogen-bond acceptors (Lipinski definition) is 3. The molecule has 0 unspecified atom stereocenters. The highest BCUT2D eigenvalue weighted by molar-refractivity contribution is 4.94. The molecule has 1 aliphatic heterocycles. The summed E-state index contributed by atoms with van der Waals surface area (Å²) in [6.45, 7) is 4.45. The van der Waals surface area contributed by atoms with Gasteiger partial charge in [0.05, 0.1) is 6.33 Å². The molecule has 1 N–H and O–H groups in total. The fourth-order valence-corrected chi connectivity index (χ4v) is 2.79. The normalized spacial score (nSPS) is 17.9. The number of likely N-dealkylation sites (tertiary alicyclic amines) is 1. The van der Waals surface area contributed by atoms with Crippen LogP contribution in [0.1, 0.15) is 25.0 Å². The van der Waals surface area contributed by atoms with Gasteiger partial charge in [0.15, 0.2) is 0 Å². The first kappa shape index (κ1) is 12.4. The third-order valence-electron chi connectivity index (χ3n) is 3.98. The van der Waals surface area contributed by atoms with Gasteiger partial charge >= 0.3 is 0 Å². The summed E-state index contributed by atoms with van der Waals surface area (Å²) in [7, 11) is 0. The van der Waals surface area contributed by atoms with Gasteiger partial charge in [-0.2, -0.15) is 5.10 Å². The molecule has 5 heteroatoms. The van der Waals surface area contributed by atoms with Crippen molar-refractivity contribution in [3.8, 4) is 0 Å². The van der Waals surface area contributed by atoms with Crippen molar-refractivity contribution < 1.29 is 0 Å². The van der Waals surface area contributed by atoms with Gasteiger partial charge in [0, 0.05) is 37.4 Å². The van der Waals surface area contributed by atoms with Crippen LogP contribution in [0.5, 0.6) is 0 Å². The number of imidazole rings is 1. The number of aryl methyl sites for hydroxylation is 1. The molecular weight excluding hydrogens is 238 g/mol. The molecule has 2 aromatic heterocycles. The predicted octanol–water partition coefficient (Wildman–Crippen LogP) is 1.91. The van der Waals surface area contributed by atoms with Crippen LogP contribution in [0.15, 0.2) is 31.0 Å². The number of aromatic nitrogens is 4. The second-order valence-corrected chi connectivity index (χ2v) is 5.35. The fourth-order valence-electron chi connectivity index (χ4n) is 2.79. The van der Waals surface area contributed by atoms with E-state index in [1.165, 1.54) is 38.0 Å². The molecule has 102 valence electrons. The summed E-state index contributed by atoms with van der Waals surface area (Å²) < 4.78 is 2.04. The third-order valence-corrected chi connectivity index (χ3v) is 3.98. The Balaban J connectivity index is 1.39. The van der Waals surface area contributed by atoms with Crippen molar-refractivity contribution >= 4 is 0 Å². The molecule has 1 fully saturated rings. The molecule has 0 atom stereocenters. The molecule has 0 radical (unpaired) electrons. The summed E-state index contributed by atoms with van der Waals surface area (Å²) in [5.41, 5.74) is 1.22. The summed E-state index contributed by atoms with van der Waals surface area (Å²) in [6.07, 6.45) is 11.4. The van der Waals surface area contributed by atoms with Gasteiger partial charge in [0.2, 0.25) is 0 Å². The van der Waals surface area contributed by atoms with E-state index in [4.69, 9.17) is 0 Å². The highest BCUT2D eigenvalue weighted by Crippen LogP contribution is 2.21. The Morgan fingerprint density at radius 1 is 1.32 bits per heavy atom. The Kier molecular flexibility index (Phi) is 3.93. The lowest BCUT2D eigenvalue weighted by molar-refractivity contribution is 0.167. The summed E-state index contributed by atoms with van der Waals surface area (Å²) >= 11 is 0. The lowest BCUT2D eigenvalue weighted by atomic mass is 9.93. The molecule has 3 heterocycles. The molecular formula is C14H21N5. The van der Waals surface area contributed by atoms with E-state index in [0.717, 1.165) is 19.0 Å². The van der Waals surface area contributed by atoms with Gasteiger partial charge in [-0.3, -0.25) is 9.58 Å². The van der Waals surface area contributed by atoms with E-state index in [1.807, 2.05) is 29.3 Å². The van der Waals surface area contributed by atoms with Crippen LogP contribution < -0.4 is 0 Å². The molecule has 0 aromatic carbocycles. The Hall–Kier alpha value is -1.62. The summed E-state index contributed by atoms with van der Waals surface area (Å²) in [5.74, 6) is 0.849. The minimum Gasteiger partial charge on any atom is -0.347 e. The smallest absolute Gasteiger partial charge is 0.0922 e. The SMILES string of the molecule is c1cnn(CCC2CCN(Cc3cnc[nH]3)CC2)c1. The zero-order valence-electron chi connectivity index (χ0n) is 11.2. The lowest BCUT2D eigenvalue weighted by Crippen LogP contribution is -2.33. The van der Waals surface area contributed by atoms with Crippen LogP contribution in [0, 0.1) is 5.92 Å². The van der Waals surface area contributed by atoms with E-state index in [2.05, 4.69) is 20.0 Å². The van der Waals surface area contributed by atoms with Crippen molar-refractivity contribution in [1.29, 1.82) is 0 Å². The van der Waals surface area contributed by atoms with Crippen molar-refractivity contribution in [3.05, 3.63) is 36.7 Å². The number of rotatable bonds is 5. The summed E-state index contributed by atoms with van der Waals surface area (Å²) in [5, 5.41) is 4.26. The number of hydrogen-bond donors (Lipinski definition) is 1. The first-order valence-electron chi connectivity index (χ1n) is 7.07. The van der Waals surface area contributed by atoms with E-state index < -0.39 is 0 Å². The van der Waals surface area contributed by atoms with Crippen molar-refractivity contribution in [2.24, 2.45) is 5.92 Å². The second kappa shape index (κ2) is 6.02. The van der Waals surface area contributed by atoms with Gasteiger partial charge in [0.25, 0.3) is 0 Å². The van der Waals surface area contributed by atoms with E-state index >= 15 is 0 Å². The highest BCUT2D eigenvalue weighted by atomic mass is 15.3. The average Bonchev–Trinajstić information content (AvgIpc) is 3.11. The standard InChI is InChI=1S/C14H21N5/c1-5-17-19(6-1)9-4-13-2-7-18(8-3-13)11-14-10-15-12-16-14/h1,5-6,10,12-13H,2-4,7-9,11H2,(H,15,16). The number of nitrogens with one attached hydrogen (secondary N) is 1. The van der Waals surface area contributed by atoms with Crippen LogP contribution in [0.4, 0.5) is 0 Å². The number of nitrogens with zero attached hydrogens (tertiary/aromatic N) is 4. The van der Waals surface area contributed by atoms with Crippen LogP contribution in [0.3, 0.4) is 0 Å². The van der Waals surface area contributed by atoms with Crippen LogP contribution in [0.25, 0.3) is 0 Å². The number of H-pyrrole nitrogens is 1. The summed E-state index contributed by atoms with van der Waals surface area (Å²) in [4.78, 5) is 9.76. The van der Waals surface area contributed by atoms with Gasteiger partial charge < -0.3 is 4.98 Å². The van der Waals surface area contributed by atoms with E-state index in [-0.39, 0.29) is 0 Å². The third kappa shape index (κ3) is 3.44. The van der Waals surface area contributed by atoms with Gasteiger partial charge in [-0.15, -0.1) is 0 Å². The molecule has 0 spiro atoms. The van der Waals surface area contributed by atoms with E-state index in [0.29, 0.717) is 0 Å². The fraction of sp³-hybridized carbons (Fsp3) is 0.571. The van der Waals surface area contributed by atoms with E-state index in [9.17, 15) is 0 Å². The molecule has 3 rings (SSSR count). The predicted molar refractivity (Wildman–Crippen MR) is 73.4 cm³/mol. The molecule has 1 aliphatic rings. The van der Waals surface area contributed by atoms with Crippen LogP contribution in [-0.4, -0.2) is 37.7 Å². The van der Waals surface area contributed by atoms with Gasteiger partial charge in [-0.1, -0.05) is 0 Å². The Morgan fingerprint density at radius 3 is 2.89 bits per heavy atom. The Labute approximate surface area is 113 Å². The quantitative estimate of drug-likeness (QED) is 0.892.